The molecule has 23 nitrogen and oxygen atoms in total. The molecule has 0 radical (unpaired) electrons. The number of morpholine rings is 3. The van der Waals surface area contributed by atoms with Gasteiger partial charge in [0, 0.05) is 189 Å². The number of alkyl halides is 6. The minimum atomic E-state index is -4.40. The van der Waals surface area contributed by atoms with Gasteiger partial charge in [0.25, 0.3) is 0 Å². The molecule has 1 unspecified atom stereocenters. The number of halogens is 7. The molecular formula is C91H94F7N15O8. The van der Waals surface area contributed by atoms with E-state index >= 15 is 0 Å². The van der Waals surface area contributed by atoms with Gasteiger partial charge in [-0.1, -0.05) is 55.5 Å². The largest absolute Gasteiger partial charge is 0.497 e. The first-order valence-corrected chi connectivity index (χ1v) is 39.7. The number of aryl methyl sites for hydroxylation is 4. The lowest BCUT2D eigenvalue weighted by atomic mass is 9.92. The summed E-state index contributed by atoms with van der Waals surface area (Å²) in [6, 6.07) is 35.3. The Morgan fingerprint density at radius 2 is 0.851 bits per heavy atom. The van der Waals surface area contributed by atoms with Crippen molar-refractivity contribution in [2.45, 2.75) is 137 Å². The molecule has 0 spiro atoms. The van der Waals surface area contributed by atoms with Crippen LogP contribution in [0.2, 0.25) is 0 Å². The Bertz CT molecular complexity index is 5980. The third-order valence-electron chi connectivity index (χ3n) is 21.3. The van der Waals surface area contributed by atoms with Crippen LogP contribution >= 0.6 is 0 Å². The number of carbonyl (C=O) groups is 4. The molecule has 0 amide bonds. The Labute approximate surface area is 694 Å². The second-order valence-electron chi connectivity index (χ2n) is 31.3. The van der Waals surface area contributed by atoms with Crippen LogP contribution in [0.25, 0.3) is 88.1 Å². The lowest BCUT2D eigenvalue weighted by Gasteiger charge is -2.37. The molecular weight excluding hydrogens is 1560 g/mol. The summed E-state index contributed by atoms with van der Waals surface area (Å²) in [5.41, 5.74) is 15.6. The predicted molar refractivity (Wildman–Crippen MR) is 446 cm³/mol. The number of aromatic nitrogens is 12. The molecule has 3 saturated heterocycles. The van der Waals surface area contributed by atoms with E-state index in [9.17, 15) is 49.9 Å². The van der Waals surface area contributed by atoms with Crippen LogP contribution in [0.3, 0.4) is 0 Å². The van der Waals surface area contributed by atoms with Crippen LogP contribution in [0.15, 0.2) is 165 Å². The number of carbonyl (C=O) groups excluding carboxylic acids is 4. The maximum absolute atomic E-state index is 14.9. The van der Waals surface area contributed by atoms with Gasteiger partial charge < -0.3 is 18.9 Å². The number of hydrogen-bond donors (Lipinski definition) is 0. The van der Waals surface area contributed by atoms with E-state index in [2.05, 4.69) is 89.1 Å². The fourth-order valence-corrected chi connectivity index (χ4v) is 15.4. The van der Waals surface area contributed by atoms with Crippen LogP contribution in [0.5, 0.6) is 5.75 Å². The molecule has 16 rings (SSSR count). The minimum Gasteiger partial charge on any atom is -0.497 e. The fourth-order valence-electron chi connectivity index (χ4n) is 15.4. The molecule has 6 atom stereocenters. The lowest BCUT2D eigenvalue weighted by Crippen LogP contribution is -2.51. The highest BCUT2D eigenvalue weighted by atomic mass is 19.4. The van der Waals surface area contributed by atoms with Gasteiger partial charge in [-0.25, -0.2) is 34.3 Å². The molecule has 5 aromatic carbocycles. The summed E-state index contributed by atoms with van der Waals surface area (Å²) in [4.78, 5) is 80.8. The van der Waals surface area contributed by atoms with Crippen LogP contribution in [0.1, 0.15) is 137 Å². The van der Waals surface area contributed by atoms with E-state index in [1.54, 1.807) is 80.4 Å². The number of ether oxygens (including phenoxy) is 4. The molecule has 30 heteroatoms. The van der Waals surface area contributed by atoms with Crippen molar-refractivity contribution in [3.63, 3.8) is 0 Å². The lowest BCUT2D eigenvalue weighted by molar-refractivity contribution is -0.252. The van der Waals surface area contributed by atoms with Gasteiger partial charge in [0.2, 0.25) is 0 Å². The normalized spacial score (nSPS) is 17.6. The standard InChI is InChI=1S/C26H24FN3O2.C22H23F3N4O2.C22H26N4O2.C21H21F3N4O2/c1-15(9-18-13-28-17(3)29-14-18)19-5-7-22-23(12-25(16(2)31)30-26(22)10-19)21-8-6-20(32-4)11-24(21)27;1-13-9-29(12-21(31-13)22(23,24)25)10-15-4-5-17-18(16-8-26-28(3)11-16)7-19(14(2)30)27-20(17)6-15;1-14-10-26(11-15(2)28-14)12-17-5-6-19-20(18-9-23-25(4)13-18)8-21(16(3)27)24-22(19)7-17;1-13(29)18-8-17(15-9-25-27(2)11-15)16-4-3-14(7-19(16)26-18)10-28-5-6-30-20(12-28)21(22,23)24/h5-8,10-15H,9H2,1-4H3;4-8,11,13,21H,9-10,12H2,1-3H3;5-9,13-15H,10-12H2,1-4H3;3-4,7-9,11,20H,5-6,10,12H2,1-2H3/t;13-,21-;14-,15+;20-/m.0.1/s1. The van der Waals surface area contributed by atoms with Gasteiger partial charge in [0.1, 0.15) is 40.2 Å². The summed E-state index contributed by atoms with van der Waals surface area (Å²) in [6.07, 6.45) is 3.03. The number of rotatable bonds is 18. The van der Waals surface area contributed by atoms with E-state index in [0.29, 0.717) is 82.4 Å². The summed E-state index contributed by atoms with van der Waals surface area (Å²) in [6.45, 7) is 19.6. The highest BCUT2D eigenvalue weighted by Gasteiger charge is 2.46. The van der Waals surface area contributed by atoms with E-state index in [1.165, 1.54) is 39.5 Å². The van der Waals surface area contributed by atoms with Crippen LogP contribution < -0.4 is 4.74 Å². The molecule has 3 aliphatic rings. The second kappa shape index (κ2) is 37.0. The highest BCUT2D eigenvalue weighted by Crippen LogP contribution is 2.38. The predicted octanol–water partition coefficient (Wildman–Crippen LogP) is 16.7. The second-order valence-corrected chi connectivity index (χ2v) is 31.3. The smallest absolute Gasteiger partial charge is 0.415 e. The molecule has 0 aliphatic carbocycles. The molecule has 3 aliphatic heterocycles. The van der Waals surface area contributed by atoms with E-state index in [1.807, 2.05) is 126 Å². The zero-order valence-electron chi connectivity index (χ0n) is 69.5. The van der Waals surface area contributed by atoms with E-state index in [4.69, 9.17) is 18.9 Å². The molecule has 0 saturated carbocycles. The van der Waals surface area contributed by atoms with Crippen molar-refractivity contribution in [1.82, 2.24) is 73.9 Å². The quantitative estimate of drug-likeness (QED) is 0.0572. The molecule has 121 heavy (non-hydrogen) atoms. The third-order valence-corrected chi connectivity index (χ3v) is 21.3. The third kappa shape index (κ3) is 21.5. The van der Waals surface area contributed by atoms with Crippen molar-refractivity contribution in [2.75, 3.05) is 53.0 Å². The number of benzene rings is 5. The van der Waals surface area contributed by atoms with Crippen LogP contribution in [0.4, 0.5) is 30.7 Å². The van der Waals surface area contributed by atoms with Gasteiger partial charge in [-0.15, -0.1) is 0 Å². The molecule has 0 bridgehead atoms. The zero-order chi connectivity index (χ0) is 86.5. The Morgan fingerprint density at radius 1 is 0.463 bits per heavy atom. The number of hydrogen-bond acceptors (Lipinski definition) is 20. The monoisotopic (exact) mass is 1660 g/mol. The first-order valence-electron chi connectivity index (χ1n) is 39.7. The summed E-state index contributed by atoms with van der Waals surface area (Å²) in [5, 5.41) is 16.2. The number of ketones is 4. The van der Waals surface area contributed by atoms with Gasteiger partial charge in [-0.2, -0.15) is 41.6 Å². The maximum Gasteiger partial charge on any atom is 0.415 e. The Morgan fingerprint density at radius 3 is 1.26 bits per heavy atom. The first-order chi connectivity index (χ1) is 57.5. The van der Waals surface area contributed by atoms with Gasteiger partial charge in [0.15, 0.2) is 35.3 Å². The molecule has 630 valence electrons. The molecule has 0 N–H and O–H groups in total. The fraction of sp³-hybridized carbons (Fsp3) is 0.352. The molecule has 11 heterocycles. The number of methoxy groups -OCH3 is 1. The number of pyridine rings is 4. The van der Waals surface area contributed by atoms with Gasteiger partial charge in [0.05, 0.1) is 72.7 Å². The highest BCUT2D eigenvalue weighted by molar-refractivity contribution is 6.05. The number of Topliss-reactive ketones (excluding diaryl/α,β-unsaturated/α-hetero) is 4. The van der Waals surface area contributed by atoms with Crippen molar-refractivity contribution in [3.8, 4) is 50.3 Å². The Balaban J connectivity index is 0.000000139. The van der Waals surface area contributed by atoms with Crippen LogP contribution in [0, 0.1) is 12.7 Å². The van der Waals surface area contributed by atoms with Crippen molar-refractivity contribution >= 4 is 66.7 Å². The summed E-state index contributed by atoms with van der Waals surface area (Å²) in [5.74, 6) is 0.434. The summed E-state index contributed by atoms with van der Waals surface area (Å²) in [7, 11) is 7.01. The first kappa shape index (κ1) is 87.0. The molecule has 13 aromatic rings. The van der Waals surface area contributed by atoms with E-state index in [0.717, 1.165) is 115 Å². The van der Waals surface area contributed by atoms with E-state index in [-0.39, 0.29) is 61.0 Å². The van der Waals surface area contributed by atoms with Crippen molar-refractivity contribution in [2.24, 2.45) is 21.1 Å². The van der Waals surface area contributed by atoms with Crippen molar-refractivity contribution in [1.29, 1.82) is 0 Å². The average Bonchev–Trinajstić information content (AvgIpc) is 1.67. The van der Waals surface area contributed by atoms with Crippen LogP contribution in [-0.4, -0.2) is 193 Å². The Hall–Kier alpha value is -11.8. The van der Waals surface area contributed by atoms with Gasteiger partial charge in [-0.3, -0.25) is 47.9 Å². The van der Waals surface area contributed by atoms with Crippen molar-refractivity contribution < 1.29 is 68.9 Å². The van der Waals surface area contributed by atoms with Gasteiger partial charge in [-0.05, 0) is 151 Å². The average molecular weight is 1660 g/mol. The zero-order valence-corrected chi connectivity index (χ0v) is 69.5. The molecule has 8 aromatic heterocycles. The maximum atomic E-state index is 14.9. The van der Waals surface area contributed by atoms with Crippen molar-refractivity contribution in [3.05, 3.63) is 227 Å². The summed E-state index contributed by atoms with van der Waals surface area (Å²) >= 11 is 0. The summed E-state index contributed by atoms with van der Waals surface area (Å²) < 4.78 is 119. The molecule has 3 fully saturated rings. The van der Waals surface area contributed by atoms with Gasteiger partial charge >= 0.3 is 12.4 Å². The van der Waals surface area contributed by atoms with Crippen LogP contribution in [-0.2, 0) is 61.4 Å². The minimum absolute atomic E-state index is 0.0340. The SMILES string of the molecule is CC(=O)c1cc(-c2cnn(C)c2)c2ccc(CN3CCO[C@@H](C(F)(F)F)C3)cc2n1.CC(=O)c1cc(-c2cnn(C)c2)c2ccc(CN3C[C@@H](C(F)(F)F)O[C@@H](C)C3)cc2n1.CC(=O)c1cc(-c2cnn(C)c2)c2ccc(CN3C[C@@H](C)O[C@@H](C)C3)cc2n1.COc1ccc(-c2cc(C(C)=O)nc3cc(C(C)Cc4cnc(C)nc4)ccc23)c(F)c1. The van der Waals surface area contributed by atoms with E-state index < -0.39 is 36.5 Å². The number of fused-ring (bicyclic) bond motifs is 4. The topological polar surface area (TPSA) is 246 Å². The number of nitrogens with zero attached hydrogens (tertiary/aromatic N) is 15. The Kier molecular flexibility index (Phi) is 26.6.